The van der Waals surface area contributed by atoms with Gasteiger partial charge in [0.25, 0.3) is 5.91 Å². The summed E-state index contributed by atoms with van der Waals surface area (Å²) in [5.41, 5.74) is 4.59. The molecule has 1 aliphatic carbocycles. The first-order valence-electron chi connectivity index (χ1n) is 7.15. The van der Waals surface area contributed by atoms with Gasteiger partial charge in [-0.3, -0.25) is 9.59 Å². The summed E-state index contributed by atoms with van der Waals surface area (Å²) in [5, 5.41) is 5.46. The molecule has 1 heterocycles. The third kappa shape index (κ3) is 2.49. The molecule has 4 N–H and O–H groups in total. The van der Waals surface area contributed by atoms with Crippen molar-refractivity contribution < 1.29 is 14.4 Å². The summed E-state index contributed by atoms with van der Waals surface area (Å²) in [5.74, 6) is -0.585. The summed E-state index contributed by atoms with van der Waals surface area (Å²) < 4.78 is 0. The van der Waals surface area contributed by atoms with Gasteiger partial charge in [0.2, 0.25) is 5.91 Å². The van der Waals surface area contributed by atoms with Crippen molar-refractivity contribution in [2.45, 2.75) is 50.6 Å². The lowest BCUT2D eigenvalue weighted by molar-refractivity contribution is -0.137. The van der Waals surface area contributed by atoms with Gasteiger partial charge in [0.15, 0.2) is 0 Å². The highest BCUT2D eigenvalue weighted by molar-refractivity contribution is 6.09. The van der Waals surface area contributed by atoms with E-state index in [0.717, 1.165) is 17.7 Å². The van der Waals surface area contributed by atoms with Gasteiger partial charge in [-0.05, 0) is 32.7 Å². The van der Waals surface area contributed by atoms with Crippen molar-refractivity contribution in [3.05, 3.63) is 0 Å². The third-order valence-electron chi connectivity index (χ3n) is 4.10. The molecule has 1 atom stereocenters. The van der Waals surface area contributed by atoms with Crippen LogP contribution in [0.5, 0.6) is 0 Å². The minimum absolute atomic E-state index is 0.263. The second-order valence-corrected chi connectivity index (χ2v) is 5.50. The number of amides is 4. The van der Waals surface area contributed by atoms with Crippen molar-refractivity contribution >= 4 is 17.8 Å². The van der Waals surface area contributed by atoms with Crippen molar-refractivity contribution in [1.29, 1.82) is 0 Å². The van der Waals surface area contributed by atoms with Crippen LogP contribution in [0.4, 0.5) is 4.79 Å². The Morgan fingerprint density at radius 1 is 1.45 bits per heavy atom. The minimum atomic E-state index is -0.791. The zero-order chi connectivity index (χ0) is 14.8. The average Bonchev–Trinajstić information content (AvgIpc) is 2.96. The van der Waals surface area contributed by atoms with Crippen LogP contribution in [0.25, 0.3) is 0 Å². The molecule has 0 aromatic rings. The van der Waals surface area contributed by atoms with Gasteiger partial charge in [-0.25, -0.2) is 9.69 Å². The molecule has 0 aromatic heterocycles. The van der Waals surface area contributed by atoms with E-state index in [1.807, 2.05) is 0 Å². The van der Waals surface area contributed by atoms with Crippen LogP contribution in [0.15, 0.2) is 0 Å². The molecule has 1 saturated carbocycles. The van der Waals surface area contributed by atoms with Crippen LogP contribution < -0.4 is 16.4 Å². The van der Waals surface area contributed by atoms with E-state index in [1.54, 1.807) is 6.92 Å². The fourth-order valence-electron chi connectivity index (χ4n) is 2.89. The summed E-state index contributed by atoms with van der Waals surface area (Å²) in [4.78, 5) is 37.5. The first-order chi connectivity index (χ1) is 9.52. The largest absolute Gasteiger partial charge is 0.354 e. The molecule has 4 amide bonds. The highest BCUT2D eigenvalue weighted by atomic mass is 16.2. The van der Waals surface area contributed by atoms with E-state index >= 15 is 0 Å². The number of carbonyl (C=O) groups excluding carboxylic acids is 3. The number of nitrogens with zero attached hydrogens (tertiary/aromatic N) is 1. The van der Waals surface area contributed by atoms with Gasteiger partial charge in [-0.1, -0.05) is 12.8 Å². The summed E-state index contributed by atoms with van der Waals surface area (Å²) >= 11 is 0. The number of urea groups is 1. The SMILES string of the molecule is CC(C(=O)NCCCN)N1C(=O)NC2(CCCC2)C1=O. The maximum atomic E-state index is 12.5. The van der Waals surface area contributed by atoms with Crippen molar-refractivity contribution in [3.8, 4) is 0 Å². The zero-order valence-corrected chi connectivity index (χ0v) is 11.8. The Kier molecular flexibility index (Phi) is 4.27. The quantitative estimate of drug-likeness (QED) is 0.476. The third-order valence-corrected chi connectivity index (χ3v) is 4.10. The van der Waals surface area contributed by atoms with Crippen molar-refractivity contribution in [3.63, 3.8) is 0 Å². The van der Waals surface area contributed by atoms with Crippen LogP contribution in [0.2, 0.25) is 0 Å². The molecule has 112 valence electrons. The summed E-state index contributed by atoms with van der Waals surface area (Å²) in [6, 6.07) is -1.25. The number of carbonyl (C=O) groups is 3. The number of rotatable bonds is 5. The fourth-order valence-corrected chi connectivity index (χ4v) is 2.89. The first kappa shape index (κ1) is 14.8. The van der Waals surface area contributed by atoms with E-state index in [9.17, 15) is 14.4 Å². The maximum Gasteiger partial charge on any atom is 0.325 e. The standard InChI is InChI=1S/C13H22N4O3/c1-9(10(18)15-8-4-7-14)17-11(19)13(16-12(17)20)5-2-3-6-13/h9H,2-8,14H2,1H3,(H,15,18)(H,16,20). The Bertz CT molecular complexity index is 418. The molecular formula is C13H22N4O3. The van der Waals surface area contributed by atoms with Gasteiger partial charge in [0.1, 0.15) is 11.6 Å². The molecule has 0 aromatic carbocycles. The lowest BCUT2D eigenvalue weighted by Crippen LogP contribution is -2.50. The topological polar surface area (TPSA) is 105 Å². The molecule has 2 fully saturated rings. The predicted octanol–water partition coefficient (Wildman–Crippen LogP) is -0.295. The molecule has 1 aliphatic heterocycles. The van der Waals surface area contributed by atoms with E-state index in [1.165, 1.54) is 0 Å². The summed E-state index contributed by atoms with van der Waals surface area (Å²) in [7, 11) is 0. The van der Waals surface area contributed by atoms with Crippen LogP contribution in [0, 0.1) is 0 Å². The van der Waals surface area contributed by atoms with Gasteiger partial charge in [-0.2, -0.15) is 0 Å². The van der Waals surface area contributed by atoms with E-state index in [4.69, 9.17) is 5.73 Å². The first-order valence-corrected chi connectivity index (χ1v) is 7.15. The Morgan fingerprint density at radius 3 is 2.70 bits per heavy atom. The fraction of sp³-hybridized carbons (Fsp3) is 0.769. The molecule has 20 heavy (non-hydrogen) atoms. The second-order valence-electron chi connectivity index (χ2n) is 5.50. The number of imide groups is 1. The highest BCUT2D eigenvalue weighted by Crippen LogP contribution is 2.35. The molecule has 2 rings (SSSR count). The van der Waals surface area contributed by atoms with Crippen molar-refractivity contribution in [2.24, 2.45) is 5.73 Å². The predicted molar refractivity (Wildman–Crippen MR) is 72.7 cm³/mol. The molecule has 0 radical (unpaired) electrons. The van der Waals surface area contributed by atoms with Crippen LogP contribution in [0.1, 0.15) is 39.0 Å². The lowest BCUT2D eigenvalue weighted by Gasteiger charge is -2.23. The zero-order valence-electron chi connectivity index (χ0n) is 11.8. The van der Waals surface area contributed by atoms with E-state index in [2.05, 4.69) is 10.6 Å². The average molecular weight is 282 g/mol. The van der Waals surface area contributed by atoms with Gasteiger partial charge < -0.3 is 16.4 Å². The highest BCUT2D eigenvalue weighted by Gasteiger charge is 2.54. The van der Waals surface area contributed by atoms with Gasteiger partial charge in [0.05, 0.1) is 0 Å². The minimum Gasteiger partial charge on any atom is -0.354 e. The molecule has 1 saturated heterocycles. The Balaban J connectivity index is 2.02. The normalized spacial score (nSPS) is 22.2. The molecule has 2 aliphatic rings. The lowest BCUT2D eigenvalue weighted by atomic mass is 9.97. The monoisotopic (exact) mass is 282 g/mol. The van der Waals surface area contributed by atoms with Crippen LogP contribution >= 0.6 is 0 Å². The second kappa shape index (κ2) is 5.78. The van der Waals surface area contributed by atoms with Crippen LogP contribution in [0.3, 0.4) is 0 Å². The van der Waals surface area contributed by atoms with Crippen molar-refractivity contribution in [2.75, 3.05) is 13.1 Å². The number of nitrogens with two attached hydrogens (primary N) is 1. The van der Waals surface area contributed by atoms with E-state index < -0.39 is 17.6 Å². The van der Waals surface area contributed by atoms with E-state index in [0.29, 0.717) is 32.4 Å². The molecule has 0 bridgehead atoms. The molecular weight excluding hydrogens is 260 g/mol. The maximum absolute atomic E-state index is 12.5. The summed E-state index contributed by atoms with van der Waals surface area (Å²) in [6.45, 7) is 2.51. The smallest absolute Gasteiger partial charge is 0.325 e. The molecule has 7 nitrogen and oxygen atoms in total. The summed E-state index contributed by atoms with van der Waals surface area (Å²) in [6.07, 6.45) is 3.85. The Labute approximate surface area is 118 Å². The van der Waals surface area contributed by atoms with E-state index in [-0.39, 0.29) is 11.8 Å². The Hall–Kier alpha value is -1.63. The molecule has 1 spiro atoms. The van der Waals surface area contributed by atoms with Crippen molar-refractivity contribution in [1.82, 2.24) is 15.5 Å². The number of hydrogen-bond acceptors (Lipinski definition) is 4. The van der Waals surface area contributed by atoms with Crippen LogP contribution in [-0.2, 0) is 9.59 Å². The van der Waals surface area contributed by atoms with Gasteiger partial charge in [0, 0.05) is 6.54 Å². The van der Waals surface area contributed by atoms with Crippen LogP contribution in [-0.4, -0.2) is 47.4 Å². The molecule has 7 heteroatoms. The molecule has 1 unspecified atom stereocenters. The van der Waals surface area contributed by atoms with Gasteiger partial charge >= 0.3 is 6.03 Å². The van der Waals surface area contributed by atoms with Gasteiger partial charge in [-0.15, -0.1) is 0 Å². The number of nitrogens with one attached hydrogen (secondary N) is 2. The Morgan fingerprint density at radius 2 is 2.10 bits per heavy atom. The number of hydrogen-bond donors (Lipinski definition) is 3.